The SMILES string of the molecule is CC1=N/C(=C\c2ccccc2C)C(=O)N1c1ccc(/C(C)=N/N=C2/NC(=O)CS2)cc1. The number of rotatable bonds is 4. The topological polar surface area (TPSA) is 86.5 Å². The van der Waals surface area contributed by atoms with E-state index in [9.17, 15) is 9.59 Å². The van der Waals surface area contributed by atoms with Crippen molar-refractivity contribution >= 4 is 52.1 Å². The minimum atomic E-state index is -0.153. The monoisotopic (exact) mass is 431 g/mol. The van der Waals surface area contributed by atoms with Crippen molar-refractivity contribution in [1.29, 1.82) is 0 Å². The number of carbonyl (C=O) groups is 2. The molecule has 0 radical (unpaired) electrons. The molecule has 1 saturated heterocycles. The molecule has 7 nitrogen and oxygen atoms in total. The first-order valence-electron chi connectivity index (χ1n) is 9.75. The Hall–Kier alpha value is -3.52. The van der Waals surface area contributed by atoms with Crippen LogP contribution in [0, 0.1) is 6.92 Å². The largest absolute Gasteiger partial charge is 0.303 e. The third-order valence-corrected chi connectivity index (χ3v) is 5.79. The van der Waals surface area contributed by atoms with Crippen LogP contribution in [0.5, 0.6) is 0 Å². The zero-order valence-corrected chi connectivity index (χ0v) is 18.2. The Kier molecular flexibility index (Phi) is 5.81. The summed E-state index contributed by atoms with van der Waals surface area (Å²) in [6, 6.07) is 15.4. The van der Waals surface area contributed by atoms with Crippen molar-refractivity contribution in [1.82, 2.24) is 5.32 Å². The maximum atomic E-state index is 13.0. The minimum Gasteiger partial charge on any atom is -0.303 e. The lowest BCUT2D eigenvalue weighted by Gasteiger charge is -2.16. The highest BCUT2D eigenvalue weighted by molar-refractivity contribution is 8.15. The number of nitrogens with one attached hydrogen (secondary N) is 1. The summed E-state index contributed by atoms with van der Waals surface area (Å²) in [6.07, 6.45) is 1.82. The molecule has 2 aliphatic rings. The van der Waals surface area contributed by atoms with Crippen molar-refractivity contribution in [2.24, 2.45) is 15.2 Å². The average molecular weight is 432 g/mol. The molecular formula is C23H21N5O2S. The fraction of sp³-hybridized carbons (Fsp3) is 0.174. The minimum absolute atomic E-state index is 0.0656. The van der Waals surface area contributed by atoms with Gasteiger partial charge in [0.1, 0.15) is 11.5 Å². The summed E-state index contributed by atoms with van der Waals surface area (Å²) < 4.78 is 0. The molecule has 2 heterocycles. The van der Waals surface area contributed by atoms with Gasteiger partial charge in [-0.3, -0.25) is 14.5 Å². The Balaban J connectivity index is 1.53. The van der Waals surface area contributed by atoms with Crippen molar-refractivity contribution in [3.63, 3.8) is 0 Å². The van der Waals surface area contributed by atoms with Crippen LogP contribution in [0.1, 0.15) is 30.5 Å². The standard InChI is InChI=1S/C23H21N5O2S/c1-14-6-4-5-7-18(14)12-20-22(30)28(16(3)24-20)19-10-8-17(9-11-19)15(2)26-27-23-25-21(29)13-31-23/h4-12H,13H2,1-3H3,(H,25,27,29)/b20-12-,26-15+. The lowest BCUT2D eigenvalue weighted by Crippen LogP contribution is -2.30. The van der Waals surface area contributed by atoms with E-state index in [-0.39, 0.29) is 11.8 Å². The van der Waals surface area contributed by atoms with E-state index in [0.29, 0.717) is 28.2 Å². The molecule has 1 fully saturated rings. The van der Waals surface area contributed by atoms with E-state index in [0.717, 1.165) is 22.4 Å². The molecule has 0 unspecified atom stereocenters. The van der Waals surface area contributed by atoms with Gasteiger partial charge < -0.3 is 5.32 Å². The Bertz CT molecular complexity index is 1180. The van der Waals surface area contributed by atoms with Crippen LogP contribution >= 0.6 is 11.8 Å². The lowest BCUT2D eigenvalue weighted by molar-refractivity contribution is -0.117. The maximum Gasteiger partial charge on any atom is 0.282 e. The number of nitrogens with zero attached hydrogens (tertiary/aromatic N) is 4. The Morgan fingerprint density at radius 2 is 1.87 bits per heavy atom. The highest BCUT2D eigenvalue weighted by atomic mass is 32.2. The molecule has 1 N–H and O–H groups in total. The zero-order valence-electron chi connectivity index (χ0n) is 17.4. The molecular weight excluding hydrogens is 410 g/mol. The second-order valence-corrected chi connectivity index (χ2v) is 8.12. The van der Waals surface area contributed by atoms with Gasteiger partial charge in [0.05, 0.1) is 17.2 Å². The molecule has 0 spiro atoms. The molecule has 156 valence electrons. The van der Waals surface area contributed by atoms with Gasteiger partial charge in [-0.05, 0) is 55.7 Å². The predicted molar refractivity (Wildman–Crippen MR) is 126 cm³/mol. The highest BCUT2D eigenvalue weighted by Crippen LogP contribution is 2.26. The van der Waals surface area contributed by atoms with Crippen LogP contribution in [0.15, 0.2) is 69.4 Å². The summed E-state index contributed by atoms with van der Waals surface area (Å²) in [5.41, 5.74) is 4.80. The summed E-state index contributed by atoms with van der Waals surface area (Å²) in [4.78, 5) is 30.3. The fourth-order valence-corrected chi connectivity index (χ4v) is 3.86. The number of anilines is 1. The molecule has 0 atom stereocenters. The van der Waals surface area contributed by atoms with E-state index >= 15 is 0 Å². The number of aliphatic imine (C=N–C) groups is 1. The fourth-order valence-electron chi connectivity index (χ4n) is 3.24. The van der Waals surface area contributed by atoms with Crippen LogP contribution in [-0.4, -0.2) is 34.3 Å². The van der Waals surface area contributed by atoms with Crippen molar-refractivity contribution in [3.8, 4) is 0 Å². The quantitative estimate of drug-likeness (QED) is 0.454. The van der Waals surface area contributed by atoms with Crippen LogP contribution in [-0.2, 0) is 9.59 Å². The summed E-state index contributed by atoms with van der Waals surface area (Å²) >= 11 is 1.33. The van der Waals surface area contributed by atoms with Crippen LogP contribution in [0.3, 0.4) is 0 Å². The number of hydrogen-bond acceptors (Lipinski definition) is 6. The van der Waals surface area contributed by atoms with Gasteiger partial charge >= 0.3 is 0 Å². The van der Waals surface area contributed by atoms with E-state index < -0.39 is 0 Å². The molecule has 31 heavy (non-hydrogen) atoms. The van der Waals surface area contributed by atoms with Crippen molar-refractivity contribution in [3.05, 3.63) is 70.9 Å². The number of amidine groups is 2. The number of amides is 2. The van der Waals surface area contributed by atoms with Crippen molar-refractivity contribution < 1.29 is 9.59 Å². The van der Waals surface area contributed by atoms with Gasteiger partial charge in [0.15, 0.2) is 5.17 Å². The van der Waals surface area contributed by atoms with Crippen LogP contribution in [0.2, 0.25) is 0 Å². The smallest absolute Gasteiger partial charge is 0.282 e. The second-order valence-electron chi connectivity index (χ2n) is 7.16. The molecule has 0 aliphatic carbocycles. The first-order chi connectivity index (χ1) is 14.9. The van der Waals surface area contributed by atoms with Gasteiger partial charge in [0.25, 0.3) is 5.91 Å². The first kappa shape index (κ1) is 20.7. The van der Waals surface area contributed by atoms with Gasteiger partial charge in [-0.25, -0.2) is 4.99 Å². The highest BCUT2D eigenvalue weighted by Gasteiger charge is 2.29. The molecule has 0 saturated carbocycles. The lowest BCUT2D eigenvalue weighted by atomic mass is 10.1. The summed E-state index contributed by atoms with van der Waals surface area (Å²) in [5.74, 6) is 0.777. The number of thioether (sulfide) groups is 1. The third-order valence-electron chi connectivity index (χ3n) is 4.93. The second kappa shape index (κ2) is 8.69. The predicted octanol–water partition coefficient (Wildman–Crippen LogP) is 3.74. The molecule has 2 aromatic rings. The molecule has 2 aromatic carbocycles. The Morgan fingerprint density at radius 1 is 1.13 bits per heavy atom. The number of carbonyl (C=O) groups excluding carboxylic acids is 2. The Labute approximate surface area is 184 Å². The van der Waals surface area contributed by atoms with Crippen molar-refractivity contribution in [2.45, 2.75) is 20.8 Å². The summed E-state index contributed by atoms with van der Waals surface area (Å²) in [7, 11) is 0. The number of aryl methyl sites for hydroxylation is 1. The molecule has 2 amide bonds. The molecule has 0 aromatic heterocycles. The van der Waals surface area contributed by atoms with Gasteiger partial charge in [-0.15, -0.1) is 5.10 Å². The van der Waals surface area contributed by atoms with E-state index in [1.807, 2.05) is 75.4 Å². The van der Waals surface area contributed by atoms with Gasteiger partial charge in [0, 0.05) is 0 Å². The van der Waals surface area contributed by atoms with Gasteiger partial charge in [0.2, 0.25) is 5.91 Å². The molecule has 4 rings (SSSR count). The number of hydrogen-bond donors (Lipinski definition) is 1. The summed E-state index contributed by atoms with van der Waals surface area (Å²) in [6.45, 7) is 5.67. The molecule has 8 heteroatoms. The number of benzene rings is 2. The average Bonchev–Trinajstić information content (AvgIpc) is 3.30. The van der Waals surface area contributed by atoms with Gasteiger partial charge in [-0.2, -0.15) is 5.10 Å². The van der Waals surface area contributed by atoms with Crippen LogP contribution < -0.4 is 10.2 Å². The van der Waals surface area contributed by atoms with E-state index in [1.54, 1.807) is 4.90 Å². The third kappa shape index (κ3) is 4.49. The maximum absolute atomic E-state index is 13.0. The van der Waals surface area contributed by atoms with E-state index in [4.69, 9.17) is 0 Å². The summed E-state index contributed by atoms with van der Waals surface area (Å²) in [5, 5.41) is 11.4. The molecule has 0 bridgehead atoms. The molecule has 2 aliphatic heterocycles. The zero-order chi connectivity index (χ0) is 22.0. The van der Waals surface area contributed by atoms with Crippen LogP contribution in [0.4, 0.5) is 5.69 Å². The Morgan fingerprint density at radius 3 is 2.55 bits per heavy atom. The normalized spacial score (nSPS) is 19.4. The van der Waals surface area contributed by atoms with Crippen molar-refractivity contribution in [2.75, 3.05) is 10.7 Å². The van der Waals surface area contributed by atoms with E-state index in [2.05, 4.69) is 20.5 Å². The first-order valence-corrected chi connectivity index (χ1v) is 10.7. The van der Waals surface area contributed by atoms with Crippen LogP contribution in [0.25, 0.3) is 6.08 Å². The van der Waals surface area contributed by atoms with Gasteiger partial charge in [-0.1, -0.05) is 48.2 Å². The van der Waals surface area contributed by atoms with E-state index in [1.165, 1.54) is 11.8 Å².